The number of amides is 1. The molecular formula is C18H17ClN2O2. The first-order valence-corrected chi connectivity index (χ1v) is 7.76. The van der Waals surface area contributed by atoms with Crippen LogP contribution < -0.4 is 5.32 Å². The molecule has 3 aromatic rings. The van der Waals surface area contributed by atoms with Crippen molar-refractivity contribution in [2.75, 3.05) is 6.61 Å². The molecule has 0 saturated carbocycles. The summed E-state index contributed by atoms with van der Waals surface area (Å²) >= 11 is 6.02. The fourth-order valence-corrected chi connectivity index (χ4v) is 2.81. The molecule has 0 saturated heterocycles. The summed E-state index contributed by atoms with van der Waals surface area (Å²) in [5, 5.41) is 14.0. The Kier molecular flexibility index (Phi) is 4.65. The Morgan fingerprint density at radius 3 is 2.74 bits per heavy atom. The van der Waals surface area contributed by atoms with Gasteiger partial charge in [-0.3, -0.25) is 4.79 Å². The molecule has 0 unspecified atom stereocenters. The Bertz CT molecular complexity index is 814. The molecule has 118 valence electrons. The van der Waals surface area contributed by atoms with Crippen LogP contribution in [-0.2, 0) is 11.2 Å². The number of aliphatic hydroxyl groups is 1. The molecule has 1 amide bonds. The van der Waals surface area contributed by atoms with E-state index in [1.54, 1.807) is 6.07 Å². The largest absolute Gasteiger partial charge is 0.394 e. The minimum Gasteiger partial charge on any atom is -0.394 e. The lowest BCUT2D eigenvalue weighted by Crippen LogP contribution is -2.31. The van der Waals surface area contributed by atoms with E-state index in [0.717, 1.165) is 22.0 Å². The first kappa shape index (κ1) is 15.6. The Morgan fingerprint density at radius 2 is 2.00 bits per heavy atom. The van der Waals surface area contributed by atoms with Crippen molar-refractivity contribution < 1.29 is 9.90 Å². The highest BCUT2D eigenvalue weighted by Gasteiger charge is 2.15. The number of hydrogen-bond acceptors (Lipinski definition) is 2. The van der Waals surface area contributed by atoms with E-state index in [1.165, 1.54) is 0 Å². The quantitative estimate of drug-likeness (QED) is 0.673. The summed E-state index contributed by atoms with van der Waals surface area (Å²) in [4.78, 5) is 15.4. The number of aromatic nitrogens is 1. The highest BCUT2D eigenvalue weighted by molar-refractivity contribution is 6.31. The summed E-state index contributed by atoms with van der Waals surface area (Å²) in [6.45, 7) is -0.143. The molecule has 1 aromatic heterocycles. The van der Waals surface area contributed by atoms with Gasteiger partial charge in [0.1, 0.15) is 0 Å². The molecule has 1 heterocycles. The van der Waals surface area contributed by atoms with Gasteiger partial charge in [-0.15, -0.1) is 0 Å². The molecule has 0 bridgehead atoms. The van der Waals surface area contributed by atoms with E-state index in [0.29, 0.717) is 5.02 Å². The average molecular weight is 329 g/mol. The van der Waals surface area contributed by atoms with Gasteiger partial charge in [0.2, 0.25) is 5.91 Å². The summed E-state index contributed by atoms with van der Waals surface area (Å²) in [6, 6.07) is 14.6. The van der Waals surface area contributed by atoms with Gasteiger partial charge in [0.25, 0.3) is 0 Å². The Hall–Kier alpha value is -2.30. The van der Waals surface area contributed by atoms with Crippen molar-refractivity contribution in [2.45, 2.75) is 12.5 Å². The number of H-pyrrole nitrogens is 1. The second-order valence-electron chi connectivity index (χ2n) is 5.39. The Labute approximate surface area is 139 Å². The molecule has 0 radical (unpaired) electrons. The fourth-order valence-electron chi connectivity index (χ4n) is 2.63. The van der Waals surface area contributed by atoms with Gasteiger partial charge in [0.05, 0.1) is 19.1 Å². The van der Waals surface area contributed by atoms with Gasteiger partial charge in [0, 0.05) is 22.1 Å². The van der Waals surface area contributed by atoms with Gasteiger partial charge in [-0.05, 0) is 29.3 Å². The number of aliphatic hydroxyl groups excluding tert-OH is 1. The van der Waals surface area contributed by atoms with E-state index in [9.17, 15) is 9.90 Å². The number of benzene rings is 2. The number of hydrogen-bond donors (Lipinski definition) is 3. The van der Waals surface area contributed by atoms with Crippen molar-refractivity contribution in [3.63, 3.8) is 0 Å². The molecule has 0 spiro atoms. The third kappa shape index (κ3) is 3.55. The summed E-state index contributed by atoms with van der Waals surface area (Å²) in [5.41, 5.74) is 2.70. The Morgan fingerprint density at radius 1 is 1.22 bits per heavy atom. The maximum atomic E-state index is 12.3. The third-order valence-electron chi connectivity index (χ3n) is 3.80. The molecule has 0 aliphatic carbocycles. The molecular weight excluding hydrogens is 312 g/mol. The molecule has 1 atom stereocenters. The van der Waals surface area contributed by atoms with Crippen LogP contribution in [0, 0.1) is 0 Å². The smallest absolute Gasteiger partial charge is 0.225 e. The van der Waals surface area contributed by atoms with Crippen LogP contribution in [0.4, 0.5) is 0 Å². The molecule has 3 rings (SSSR count). The molecule has 3 N–H and O–H groups in total. The standard InChI is InChI=1S/C18H17ClN2O2/c19-14-6-7-16-15(9-14)13(10-20-16)8-18(23)21-17(11-22)12-4-2-1-3-5-12/h1-7,9-10,17,20,22H,8,11H2,(H,21,23)/t17-/m0/s1. The van der Waals surface area contributed by atoms with Crippen LogP contribution >= 0.6 is 11.6 Å². The van der Waals surface area contributed by atoms with Gasteiger partial charge < -0.3 is 15.4 Å². The van der Waals surface area contributed by atoms with E-state index in [-0.39, 0.29) is 18.9 Å². The molecule has 5 heteroatoms. The summed E-state index contributed by atoms with van der Waals surface area (Å²) in [5.74, 6) is -0.145. The molecule has 0 aliphatic heterocycles. The number of fused-ring (bicyclic) bond motifs is 1. The van der Waals surface area contributed by atoms with Gasteiger partial charge in [-0.25, -0.2) is 0 Å². The molecule has 4 nitrogen and oxygen atoms in total. The van der Waals surface area contributed by atoms with Crippen LogP contribution in [0.15, 0.2) is 54.7 Å². The molecule has 0 fully saturated rings. The second kappa shape index (κ2) is 6.86. The van der Waals surface area contributed by atoms with Crippen molar-refractivity contribution >= 4 is 28.4 Å². The first-order chi connectivity index (χ1) is 11.2. The zero-order valence-electron chi connectivity index (χ0n) is 12.4. The normalized spacial score (nSPS) is 12.3. The Balaban J connectivity index is 1.74. The van der Waals surface area contributed by atoms with E-state index in [2.05, 4.69) is 10.3 Å². The predicted molar refractivity (Wildman–Crippen MR) is 91.4 cm³/mol. The van der Waals surface area contributed by atoms with Crippen LogP contribution in [0.5, 0.6) is 0 Å². The van der Waals surface area contributed by atoms with Crippen molar-refractivity contribution in [1.82, 2.24) is 10.3 Å². The lowest BCUT2D eigenvalue weighted by Gasteiger charge is -2.16. The predicted octanol–water partition coefficient (Wildman–Crippen LogP) is 3.21. The lowest BCUT2D eigenvalue weighted by atomic mass is 10.1. The van der Waals surface area contributed by atoms with E-state index < -0.39 is 6.04 Å². The van der Waals surface area contributed by atoms with E-state index in [4.69, 9.17) is 11.6 Å². The highest BCUT2D eigenvalue weighted by Crippen LogP contribution is 2.23. The number of carbonyl (C=O) groups excluding carboxylic acids is 1. The second-order valence-corrected chi connectivity index (χ2v) is 5.83. The summed E-state index contributed by atoms with van der Waals surface area (Å²) in [6.07, 6.45) is 2.04. The number of carbonyl (C=O) groups is 1. The van der Waals surface area contributed by atoms with Crippen LogP contribution in [0.3, 0.4) is 0 Å². The summed E-state index contributed by atoms with van der Waals surface area (Å²) in [7, 11) is 0. The molecule has 0 aliphatic rings. The fraction of sp³-hybridized carbons (Fsp3) is 0.167. The van der Waals surface area contributed by atoms with Gasteiger partial charge >= 0.3 is 0 Å². The van der Waals surface area contributed by atoms with E-state index in [1.807, 2.05) is 48.7 Å². The SMILES string of the molecule is O=C(Cc1c[nH]c2ccc(Cl)cc12)N[C@@H](CO)c1ccccc1. The lowest BCUT2D eigenvalue weighted by molar-refractivity contribution is -0.121. The number of nitrogens with one attached hydrogen (secondary N) is 2. The van der Waals surface area contributed by atoms with Crippen LogP contribution in [-0.4, -0.2) is 22.6 Å². The van der Waals surface area contributed by atoms with E-state index >= 15 is 0 Å². The number of halogens is 1. The third-order valence-corrected chi connectivity index (χ3v) is 4.04. The van der Waals surface area contributed by atoms with Crippen LogP contribution in [0.2, 0.25) is 5.02 Å². The van der Waals surface area contributed by atoms with Crippen molar-refractivity contribution in [1.29, 1.82) is 0 Å². The first-order valence-electron chi connectivity index (χ1n) is 7.38. The molecule has 23 heavy (non-hydrogen) atoms. The maximum absolute atomic E-state index is 12.3. The highest BCUT2D eigenvalue weighted by atomic mass is 35.5. The zero-order valence-corrected chi connectivity index (χ0v) is 13.2. The molecule has 2 aromatic carbocycles. The van der Waals surface area contributed by atoms with Crippen molar-refractivity contribution in [3.8, 4) is 0 Å². The van der Waals surface area contributed by atoms with Gasteiger partial charge in [-0.2, -0.15) is 0 Å². The monoisotopic (exact) mass is 328 g/mol. The number of aromatic amines is 1. The number of rotatable bonds is 5. The zero-order chi connectivity index (χ0) is 16.2. The topological polar surface area (TPSA) is 65.1 Å². The van der Waals surface area contributed by atoms with Gasteiger partial charge in [-0.1, -0.05) is 41.9 Å². The van der Waals surface area contributed by atoms with Gasteiger partial charge in [0.15, 0.2) is 0 Å². The van der Waals surface area contributed by atoms with Crippen LogP contribution in [0.1, 0.15) is 17.2 Å². The van der Waals surface area contributed by atoms with Crippen molar-refractivity contribution in [3.05, 3.63) is 70.9 Å². The van der Waals surface area contributed by atoms with Crippen molar-refractivity contribution in [2.24, 2.45) is 0 Å². The average Bonchev–Trinajstić information content (AvgIpc) is 2.95. The minimum atomic E-state index is -0.405. The van der Waals surface area contributed by atoms with Crippen LogP contribution in [0.25, 0.3) is 10.9 Å². The summed E-state index contributed by atoms with van der Waals surface area (Å²) < 4.78 is 0. The maximum Gasteiger partial charge on any atom is 0.225 e. The minimum absolute atomic E-state index is 0.143.